The number of ether oxygens (including phenoxy) is 1. The van der Waals surface area contributed by atoms with E-state index in [1.165, 1.54) is 30.9 Å². The highest BCUT2D eigenvalue weighted by Crippen LogP contribution is 2.28. The van der Waals surface area contributed by atoms with E-state index in [4.69, 9.17) is 9.84 Å². The van der Waals surface area contributed by atoms with Gasteiger partial charge in [-0.1, -0.05) is 0 Å². The Morgan fingerprint density at radius 1 is 1.20 bits per heavy atom. The van der Waals surface area contributed by atoms with E-state index >= 15 is 0 Å². The van der Waals surface area contributed by atoms with Crippen molar-refractivity contribution in [3.63, 3.8) is 0 Å². The molecule has 0 spiro atoms. The maximum absolute atomic E-state index is 8.70. The van der Waals surface area contributed by atoms with Gasteiger partial charge in [0.1, 0.15) is 11.6 Å². The van der Waals surface area contributed by atoms with E-state index < -0.39 is 0 Å². The van der Waals surface area contributed by atoms with Gasteiger partial charge in [0.15, 0.2) is 0 Å². The molecule has 0 aliphatic carbocycles. The number of hydrogen-bond acceptors (Lipinski definition) is 5. The van der Waals surface area contributed by atoms with Gasteiger partial charge < -0.3 is 19.3 Å². The molecular formula is C14H24N4O2. The fourth-order valence-electron chi connectivity index (χ4n) is 3.30. The first-order chi connectivity index (χ1) is 9.88. The molecule has 1 atom stereocenters. The second kappa shape index (κ2) is 6.65. The highest BCUT2D eigenvalue weighted by molar-refractivity contribution is 5.07. The molecule has 0 saturated carbocycles. The largest absolute Gasteiger partial charge is 0.394 e. The van der Waals surface area contributed by atoms with Crippen molar-refractivity contribution in [2.45, 2.75) is 38.1 Å². The molecule has 2 aliphatic heterocycles. The van der Waals surface area contributed by atoms with Crippen LogP contribution in [0.3, 0.4) is 0 Å². The van der Waals surface area contributed by atoms with E-state index in [1.54, 1.807) is 0 Å². The molecule has 0 aromatic carbocycles. The topological polar surface area (TPSA) is 63.4 Å². The number of nitrogens with zero attached hydrogens (tertiary/aromatic N) is 4. The lowest BCUT2D eigenvalue weighted by Crippen LogP contribution is -2.37. The lowest BCUT2D eigenvalue weighted by atomic mass is 9.97. The Bertz CT molecular complexity index is 435. The number of likely N-dealkylation sites (tertiary alicyclic amines) is 1. The molecule has 0 bridgehead atoms. The maximum atomic E-state index is 8.70. The maximum Gasteiger partial charge on any atom is 0.137 e. The van der Waals surface area contributed by atoms with Crippen LogP contribution in [0.15, 0.2) is 0 Å². The van der Waals surface area contributed by atoms with Gasteiger partial charge in [-0.25, -0.2) is 0 Å². The Balaban J connectivity index is 1.55. The van der Waals surface area contributed by atoms with Crippen LogP contribution in [0.4, 0.5) is 0 Å². The Hall–Kier alpha value is -0.980. The molecule has 6 nitrogen and oxygen atoms in total. The number of rotatable bonds is 6. The molecule has 3 heterocycles. The summed E-state index contributed by atoms with van der Waals surface area (Å²) in [4.78, 5) is 2.45. The van der Waals surface area contributed by atoms with Gasteiger partial charge in [0.05, 0.1) is 19.8 Å². The van der Waals surface area contributed by atoms with Gasteiger partial charge in [0.25, 0.3) is 0 Å². The van der Waals surface area contributed by atoms with Crippen molar-refractivity contribution >= 4 is 0 Å². The van der Waals surface area contributed by atoms with Crippen LogP contribution >= 0.6 is 0 Å². The minimum atomic E-state index is 0.106. The lowest BCUT2D eigenvalue weighted by Gasteiger charge is -2.32. The summed E-state index contributed by atoms with van der Waals surface area (Å²) >= 11 is 0. The number of aliphatic hydroxyl groups excluding tert-OH is 1. The zero-order valence-electron chi connectivity index (χ0n) is 12.0. The van der Waals surface area contributed by atoms with Crippen molar-refractivity contribution in [3.05, 3.63) is 11.6 Å². The summed E-state index contributed by atoms with van der Waals surface area (Å²) in [6, 6.07) is 0. The monoisotopic (exact) mass is 280 g/mol. The summed E-state index contributed by atoms with van der Waals surface area (Å²) in [6.45, 7) is 5.47. The van der Waals surface area contributed by atoms with Gasteiger partial charge in [-0.3, -0.25) is 0 Å². The van der Waals surface area contributed by atoms with E-state index in [9.17, 15) is 0 Å². The van der Waals surface area contributed by atoms with E-state index in [-0.39, 0.29) is 6.61 Å². The number of aromatic nitrogens is 3. The van der Waals surface area contributed by atoms with E-state index in [0.717, 1.165) is 32.6 Å². The molecule has 1 unspecified atom stereocenters. The zero-order valence-corrected chi connectivity index (χ0v) is 12.0. The summed E-state index contributed by atoms with van der Waals surface area (Å²) in [6.07, 6.45) is 4.72. The van der Waals surface area contributed by atoms with Crippen molar-refractivity contribution in [2.24, 2.45) is 0 Å². The van der Waals surface area contributed by atoms with Crippen LogP contribution in [-0.4, -0.2) is 64.2 Å². The standard InChI is InChI=1S/C14H24N4O2/c19-8-10-20-9-7-17-5-1-3-12(11-17)14-16-15-13-4-2-6-18(13)14/h12,19H,1-11H2. The van der Waals surface area contributed by atoms with Gasteiger partial charge in [-0.05, 0) is 25.8 Å². The van der Waals surface area contributed by atoms with Crippen molar-refractivity contribution in [3.8, 4) is 0 Å². The quantitative estimate of drug-likeness (QED) is 0.765. The second-order valence-electron chi connectivity index (χ2n) is 5.71. The minimum absolute atomic E-state index is 0.106. The van der Waals surface area contributed by atoms with Crippen LogP contribution in [0.5, 0.6) is 0 Å². The lowest BCUT2D eigenvalue weighted by molar-refractivity contribution is 0.0667. The molecule has 1 aromatic rings. The van der Waals surface area contributed by atoms with Crippen LogP contribution in [0.25, 0.3) is 0 Å². The Morgan fingerprint density at radius 2 is 2.15 bits per heavy atom. The number of hydrogen-bond donors (Lipinski definition) is 1. The number of piperidine rings is 1. The summed E-state index contributed by atoms with van der Waals surface area (Å²) < 4.78 is 7.69. The fourth-order valence-corrected chi connectivity index (χ4v) is 3.30. The van der Waals surface area contributed by atoms with E-state index in [1.807, 2.05) is 0 Å². The van der Waals surface area contributed by atoms with Gasteiger partial charge in [0, 0.05) is 32.0 Å². The second-order valence-corrected chi connectivity index (χ2v) is 5.71. The van der Waals surface area contributed by atoms with Gasteiger partial charge in [-0.2, -0.15) is 0 Å². The molecule has 2 aliphatic rings. The highest BCUT2D eigenvalue weighted by atomic mass is 16.5. The zero-order chi connectivity index (χ0) is 13.8. The molecule has 0 radical (unpaired) electrons. The van der Waals surface area contributed by atoms with Gasteiger partial charge in [0.2, 0.25) is 0 Å². The molecule has 6 heteroatoms. The minimum Gasteiger partial charge on any atom is -0.394 e. The smallest absolute Gasteiger partial charge is 0.137 e. The number of aryl methyl sites for hydroxylation is 1. The first kappa shape index (κ1) is 14.0. The van der Waals surface area contributed by atoms with Crippen molar-refractivity contribution in [1.82, 2.24) is 19.7 Å². The molecule has 0 amide bonds. The summed E-state index contributed by atoms with van der Waals surface area (Å²) in [5, 5.41) is 17.5. The Kier molecular flexibility index (Phi) is 4.65. The van der Waals surface area contributed by atoms with Crippen molar-refractivity contribution in [2.75, 3.05) is 39.5 Å². The van der Waals surface area contributed by atoms with Gasteiger partial charge in [-0.15, -0.1) is 10.2 Å². The SMILES string of the molecule is OCCOCCN1CCCC(c2nnc3n2CCC3)C1. The molecular weight excluding hydrogens is 256 g/mol. The molecule has 1 saturated heterocycles. The van der Waals surface area contributed by atoms with Crippen molar-refractivity contribution in [1.29, 1.82) is 0 Å². The predicted molar refractivity (Wildman–Crippen MR) is 74.7 cm³/mol. The van der Waals surface area contributed by atoms with E-state index in [2.05, 4.69) is 19.7 Å². The molecule has 1 N–H and O–H groups in total. The third kappa shape index (κ3) is 3.02. The summed E-state index contributed by atoms with van der Waals surface area (Å²) in [5.74, 6) is 2.88. The third-order valence-corrected chi connectivity index (χ3v) is 4.30. The number of fused-ring (bicyclic) bond motifs is 1. The molecule has 1 fully saturated rings. The van der Waals surface area contributed by atoms with Crippen molar-refractivity contribution < 1.29 is 9.84 Å². The molecule has 20 heavy (non-hydrogen) atoms. The molecule has 1 aromatic heterocycles. The fraction of sp³-hybridized carbons (Fsp3) is 0.857. The first-order valence-electron chi connectivity index (χ1n) is 7.71. The van der Waals surface area contributed by atoms with Crippen LogP contribution < -0.4 is 0 Å². The van der Waals surface area contributed by atoms with Crippen LogP contribution in [0.1, 0.15) is 36.8 Å². The average molecular weight is 280 g/mol. The molecule has 3 rings (SSSR count). The Labute approximate surface area is 119 Å². The van der Waals surface area contributed by atoms with Gasteiger partial charge >= 0.3 is 0 Å². The van der Waals surface area contributed by atoms with Crippen LogP contribution in [0.2, 0.25) is 0 Å². The predicted octanol–water partition coefficient (Wildman–Crippen LogP) is 0.413. The van der Waals surface area contributed by atoms with Crippen LogP contribution in [0, 0.1) is 0 Å². The van der Waals surface area contributed by atoms with Crippen LogP contribution in [-0.2, 0) is 17.7 Å². The molecule has 112 valence electrons. The Morgan fingerprint density at radius 3 is 3.05 bits per heavy atom. The normalized spacial score (nSPS) is 23.1. The van der Waals surface area contributed by atoms with E-state index in [0.29, 0.717) is 19.1 Å². The summed E-state index contributed by atoms with van der Waals surface area (Å²) in [5.41, 5.74) is 0. The average Bonchev–Trinajstić information content (AvgIpc) is 3.06. The summed E-state index contributed by atoms with van der Waals surface area (Å²) in [7, 11) is 0. The third-order valence-electron chi connectivity index (χ3n) is 4.30. The number of aliphatic hydroxyl groups is 1. The first-order valence-corrected chi connectivity index (χ1v) is 7.71. The highest BCUT2D eigenvalue weighted by Gasteiger charge is 2.28.